The maximum absolute atomic E-state index is 10.0. The molecule has 1 heterocycles. The summed E-state index contributed by atoms with van der Waals surface area (Å²) >= 11 is 0. The molecule has 0 unspecified atom stereocenters. The highest BCUT2D eigenvalue weighted by Gasteiger charge is 2.21. The minimum absolute atomic E-state index is 0.126. The van der Waals surface area contributed by atoms with Crippen molar-refractivity contribution in [3.8, 4) is 11.8 Å². The first-order valence-electron chi connectivity index (χ1n) is 5.91. The molecule has 2 N–H and O–H groups in total. The Bertz CT molecular complexity index is 433. The van der Waals surface area contributed by atoms with Crippen molar-refractivity contribution in [2.24, 2.45) is 0 Å². The zero-order chi connectivity index (χ0) is 12.3. The van der Waals surface area contributed by atoms with E-state index in [0.29, 0.717) is 5.56 Å². The van der Waals surface area contributed by atoms with Gasteiger partial charge >= 0.3 is 0 Å². The Morgan fingerprint density at radius 3 is 2.76 bits per heavy atom. The number of para-hydroxylation sites is 1. The van der Waals surface area contributed by atoms with Gasteiger partial charge in [-0.1, -0.05) is 12.1 Å². The zero-order valence-corrected chi connectivity index (χ0v) is 9.98. The Labute approximate surface area is 101 Å². The van der Waals surface area contributed by atoms with E-state index in [1.54, 1.807) is 6.07 Å². The number of benzene rings is 1. The van der Waals surface area contributed by atoms with E-state index in [0.717, 1.165) is 31.7 Å². The number of hydrogen-bond acceptors (Lipinski definition) is 4. The predicted octanol–water partition coefficient (Wildman–Crippen LogP) is 1.23. The van der Waals surface area contributed by atoms with Gasteiger partial charge in [-0.3, -0.25) is 4.90 Å². The molecular weight excluding hydrogens is 214 g/mol. The Kier molecular flexibility index (Phi) is 3.62. The number of nitriles is 1. The zero-order valence-electron chi connectivity index (χ0n) is 9.98. The van der Waals surface area contributed by atoms with E-state index in [1.807, 2.05) is 18.2 Å². The van der Waals surface area contributed by atoms with Crippen molar-refractivity contribution in [1.29, 1.82) is 5.26 Å². The van der Waals surface area contributed by atoms with Crippen LogP contribution in [0.5, 0.6) is 5.75 Å². The van der Waals surface area contributed by atoms with Crippen molar-refractivity contribution in [2.45, 2.75) is 13.0 Å². The van der Waals surface area contributed by atoms with Crippen LogP contribution in [0.3, 0.4) is 0 Å². The second-order valence-corrected chi connectivity index (χ2v) is 4.32. The van der Waals surface area contributed by atoms with Crippen LogP contribution in [0, 0.1) is 11.3 Å². The lowest BCUT2D eigenvalue weighted by Gasteiger charge is -2.33. The van der Waals surface area contributed by atoms with Crippen LogP contribution in [0.15, 0.2) is 18.2 Å². The molecule has 0 amide bonds. The van der Waals surface area contributed by atoms with Gasteiger partial charge in [-0.05, 0) is 13.0 Å². The maximum Gasteiger partial charge on any atom is 0.138 e. The first kappa shape index (κ1) is 11.9. The third kappa shape index (κ3) is 2.41. The Balaban J connectivity index is 2.24. The van der Waals surface area contributed by atoms with E-state index < -0.39 is 0 Å². The van der Waals surface area contributed by atoms with Gasteiger partial charge in [0.15, 0.2) is 0 Å². The molecule has 17 heavy (non-hydrogen) atoms. The third-order valence-corrected chi connectivity index (χ3v) is 3.34. The first-order valence-corrected chi connectivity index (χ1v) is 5.91. The number of phenols is 1. The predicted molar refractivity (Wildman–Crippen MR) is 65.7 cm³/mol. The summed E-state index contributed by atoms with van der Waals surface area (Å²) in [5.41, 5.74) is 1.19. The number of aromatic hydroxyl groups is 1. The van der Waals surface area contributed by atoms with E-state index in [2.05, 4.69) is 17.1 Å². The van der Waals surface area contributed by atoms with Crippen LogP contribution in [0.2, 0.25) is 0 Å². The summed E-state index contributed by atoms with van der Waals surface area (Å²) in [5, 5.41) is 22.2. The monoisotopic (exact) mass is 231 g/mol. The molecule has 0 aliphatic carbocycles. The molecule has 1 aliphatic rings. The van der Waals surface area contributed by atoms with Gasteiger partial charge in [-0.25, -0.2) is 0 Å². The molecular formula is C13H17N3O. The van der Waals surface area contributed by atoms with Crippen LogP contribution >= 0.6 is 0 Å². The van der Waals surface area contributed by atoms with E-state index in [-0.39, 0.29) is 11.8 Å². The second-order valence-electron chi connectivity index (χ2n) is 4.32. The quantitative estimate of drug-likeness (QED) is 0.803. The average molecular weight is 231 g/mol. The molecule has 0 aromatic heterocycles. The highest BCUT2D eigenvalue weighted by molar-refractivity contribution is 5.48. The highest BCUT2D eigenvalue weighted by atomic mass is 16.3. The van der Waals surface area contributed by atoms with Gasteiger partial charge in [0.2, 0.25) is 0 Å². The number of nitrogens with zero attached hydrogens (tertiary/aromatic N) is 2. The SMILES string of the molecule is C[C@H](c1cccc(C#N)c1O)N1CCNCC1. The Morgan fingerprint density at radius 2 is 2.12 bits per heavy atom. The van der Waals surface area contributed by atoms with E-state index in [4.69, 9.17) is 5.26 Å². The van der Waals surface area contributed by atoms with Gasteiger partial charge < -0.3 is 10.4 Å². The van der Waals surface area contributed by atoms with Crippen LogP contribution in [-0.4, -0.2) is 36.2 Å². The lowest BCUT2D eigenvalue weighted by Crippen LogP contribution is -2.44. The summed E-state index contributed by atoms with van der Waals surface area (Å²) in [6.45, 7) is 5.96. The molecule has 1 atom stereocenters. The molecule has 90 valence electrons. The van der Waals surface area contributed by atoms with Crippen molar-refractivity contribution >= 4 is 0 Å². The average Bonchev–Trinajstić information content (AvgIpc) is 2.39. The minimum atomic E-state index is 0.126. The lowest BCUT2D eigenvalue weighted by atomic mass is 10.0. The summed E-state index contributed by atoms with van der Waals surface area (Å²) in [6, 6.07) is 7.52. The standard InChI is InChI=1S/C13H17N3O/c1-10(16-7-5-15-6-8-16)12-4-2-3-11(9-14)13(12)17/h2-4,10,15,17H,5-8H2,1H3/t10-/m1/s1. The van der Waals surface area contributed by atoms with Gasteiger partial charge in [0.25, 0.3) is 0 Å². The fourth-order valence-electron chi connectivity index (χ4n) is 2.25. The number of nitrogens with one attached hydrogen (secondary N) is 1. The van der Waals surface area contributed by atoms with Crippen LogP contribution in [0.25, 0.3) is 0 Å². The molecule has 0 radical (unpaired) electrons. The molecule has 1 fully saturated rings. The van der Waals surface area contributed by atoms with Crippen molar-refractivity contribution in [3.63, 3.8) is 0 Å². The Hall–Kier alpha value is -1.57. The number of phenolic OH excluding ortho intramolecular Hbond substituents is 1. The summed E-state index contributed by atoms with van der Waals surface area (Å²) in [5.74, 6) is 0.126. The molecule has 4 heteroatoms. The molecule has 1 saturated heterocycles. The highest BCUT2D eigenvalue weighted by Crippen LogP contribution is 2.30. The topological polar surface area (TPSA) is 59.3 Å². The van der Waals surface area contributed by atoms with Gasteiger partial charge in [0.1, 0.15) is 11.8 Å². The summed E-state index contributed by atoms with van der Waals surface area (Å²) in [7, 11) is 0. The van der Waals surface area contributed by atoms with E-state index >= 15 is 0 Å². The van der Waals surface area contributed by atoms with Crippen LogP contribution in [0.4, 0.5) is 0 Å². The maximum atomic E-state index is 10.0. The lowest BCUT2D eigenvalue weighted by molar-refractivity contribution is 0.183. The largest absolute Gasteiger partial charge is 0.506 e. The molecule has 1 aromatic carbocycles. The second kappa shape index (κ2) is 5.17. The number of hydrogen-bond donors (Lipinski definition) is 2. The number of piperazine rings is 1. The summed E-state index contributed by atoms with van der Waals surface area (Å²) in [6.07, 6.45) is 0. The van der Waals surface area contributed by atoms with Gasteiger partial charge in [-0.2, -0.15) is 5.26 Å². The van der Waals surface area contributed by atoms with Gasteiger partial charge in [-0.15, -0.1) is 0 Å². The first-order chi connectivity index (χ1) is 8.24. The van der Waals surface area contributed by atoms with Crippen LogP contribution < -0.4 is 5.32 Å². The van der Waals surface area contributed by atoms with Crippen molar-refractivity contribution in [1.82, 2.24) is 10.2 Å². The van der Waals surface area contributed by atoms with Crippen LogP contribution in [-0.2, 0) is 0 Å². The normalized spacial score (nSPS) is 18.6. The number of rotatable bonds is 2. The smallest absolute Gasteiger partial charge is 0.138 e. The van der Waals surface area contributed by atoms with E-state index in [9.17, 15) is 5.11 Å². The molecule has 0 bridgehead atoms. The summed E-state index contributed by atoms with van der Waals surface area (Å²) in [4.78, 5) is 2.31. The van der Waals surface area contributed by atoms with Gasteiger partial charge in [0, 0.05) is 37.8 Å². The van der Waals surface area contributed by atoms with Crippen LogP contribution in [0.1, 0.15) is 24.1 Å². The molecule has 0 saturated carbocycles. The fourth-order valence-corrected chi connectivity index (χ4v) is 2.25. The molecule has 1 aliphatic heterocycles. The molecule has 0 spiro atoms. The molecule has 2 rings (SSSR count). The van der Waals surface area contributed by atoms with E-state index in [1.165, 1.54) is 0 Å². The van der Waals surface area contributed by atoms with Gasteiger partial charge in [0.05, 0.1) is 5.56 Å². The third-order valence-electron chi connectivity index (χ3n) is 3.34. The van der Waals surface area contributed by atoms with Crippen molar-refractivity contribution in [3.05, 3.63) is 29.3 Å². The Morgan fingerprint density at radius 1 is 1.41 bits per heavy atom. The fraction of sp³-hybridized carbons (Fsp3) is 0.462. The molecule has 4 nitrogen and oxygen atoms in total. The summed E-state index contributed by atoms with van der Waals surface area (Å²) < 4.78 is 0. The van der Waals surface area contributed by atoms with Crippen molar-refractivity contribution in [2.75, 3.05) is 26.2 Å². The van der Waals surface area contributed by atoms with Crippen molar-refractivity contribution < 1.29 is 5.11 Å². The molecule has 1 aromatic rings. The minimum Gasteiger partial charge on any atom is -0.506 e.